The number of rotatable bonds is 4. The lowest BCUT2D eigenvalue weighted by Crippen LogP contribution is -2.45. The summed E-state index contributed by atoms with van der Waals surface area (Å²) in [6.07, 6.45) is 5.00. The van der Waals surface area contributed by atoms with Crippen LogP contribution in [0.5, 0.6) is 0 Å². The van der Waals surface area contributed by atoms with Crippen LogP contribution in [0.3, 0.4) is 0 Å². The van der Waals surface area contributed by atoms with E-state index >= 15 is 0 Å². The summed E-state index contributed by atoms with van der Waals surface area (Å²) in [5, 5.41) is 8.97. The Hall–Kier alpha value is -1.74. The third-order valence-electron chi connectivity index (χ3n) is 3.18. The number of nitrogens with zero attached hydrogens (tertiary/aromatic N) is 3. The van der Waals surface area contributed by atoms with Crippen molar-refractivity contribution in [2.45, 2.75) is 32.2 Å². The Morgan fingerprint density at radius 1 is 1.40 bits per heavy atom. The van der Waals surface area contributed by atoms with Gasteiger partial charge in [0.25, 0.3) is 0 Å². The minimum Gasteiger partial charge on any atom is -0.476 e. The second kappa shape index (κ2) is 5.71. The standard InChI is InChI=1S/C11H16N4O4S/c1-8-4-2-3-7-15(8)20(18,19)14-10-9(11(16)17)12-5-6-13-10/h5-6,8H,2-4,7H2,1H3,(H,13,14)(H,16,17). The number of carboxylic acid groups (broad SMARTS) is 1. The van der Waals surface area contributed by atoms with Crippen LogP contribution >= 0.6 is 0 Å². The van der Waals surface area contributed by atoms with Gasteiger partial charge in [-0.1, -0.05) is 6.42 Å². The summed E-state index contributed by atoms with van der Waals surface area (Å²) in [7, 11) is -3.82. The molecule has 0 aromatic carbocycles. The molecule has 1 aromatic rings. The van der Waals surface area contributed by atoms with Crippen molar-refractivity contribution < 1.29 is 18.3 Å². The fourth-order valence-corrected chi connectivity index (χ4v) is 3.64. The zero-order valence-electron chi connectivity index (χ0n) is 11.0. The summed E-state index contributed by atoms with van der Waals surface area (Å²) in [5.41, 5.74) is -0.416. The molecule has 0 spiro atoms. The van der Waals surface area contributed by atoms with Crippen molar-refractivity contribution in [3.8, 4) is 0 Å². The predicted octanol–water partition coefficient (Wildman–Crippen LogP) is 0.706. The molecule has 0 bridgehead atoms. The molecular formula is C11H16N4O4S. The van der Waals surface area contributed by atoms with Gasteiger partial charge >= 0.3 is 16.2 Å². The number of carboxylic acids is 1. The highest BCUT2D eigenvalue weighted by atomic mass is 32.2. The van der Waals surface area contributed by atoms with Crippen molar-refractivity contribution in [1.29, 1.82) is 0 Å². The van der Waals surface area contributed by atoms with Crippen molar-refractivity contribution in [3.05, 3.63) is 18.1 Å². The van der Waals surface area contributed by atoms with Crippen LogP contribution in [0.2, 0.25) is 0 Å². The average molecular weight is 300 g/mol. The van der Waals surface area contributed by atoms with Gasteiger partial charge in [-0.05, 0) is 19.8 Å². The smallest absolute Gasteiger partial charge is 0.358 e. The normalized spacial score (nSPS) is 20.6. The lowest BCUT2D eigenvalue weighted by molar-refractivity contribution is 0.0691. The van der Waals surface area contributed by atoms with E-state index in [1.807, 2.05) is 6.92 Å². The molecule has 2 heterocycles. The second-order valence-electron chi connectivity index (χ2n) is 4.62. The molecule has 0 amide bonds. The number of aromatic nitrogens is 2. The number of piperidine rings is 1. The van der Waals surface area contributed by atoms with Gasteiger partial charge in [0.2, 0.25) is 0 Å². The maximum atomic E-state index is 12.3. The van der Waals surface area contributed by atoms with Crippen LogP contribution in [0.1, 0.15) is 36.7 Å². The lowest BCUT2D eigenvalue weighted by atomic mass is 10.1. The molecule has 1 aliphatic heterocycles. The van der Waals surface area contributed by atoms with Gasteiger partial charge in [0, 0.05) is 25.0 Å². The molecule has 0 saturated carbocycles. The minimum atomic E-state index is -3.82. The Labute approximate surface area is 117 Å². The Morgan fingerprint density at radius 2 is 2.10 bits per heavy atom. The molecule has 2 rings (SSSR count). The van der Waals surface area contributed by atoms with Crippen molar-refractivity contribution in [1.82, 2.24) is 14.3 Å². The number of anilines is 1. The lowest BCUT2D eigenvalue weighted by Gasteiger charge is -2.32. The molecule has 0 aliphatic carbocycles. The minimum absolute atomic E-state index is 0.119. The average Bonchev–Trinajstić information content (AvgIpc) is 2.39. The first kappa shape index (κ1) is 14.7. The monoisotopic (exact) mass is 300 g/mol. The van der Waals surface area contributed by atoms with Crippen LogP contribution in [-0.2, 0) is 10.2 Å². The Balaban J connectivity index is 2.26. The van der Waals surface area contributed by atoms with E-state index in [0.717, 1.165) is 19.3 Å². The molecule has 1 unspecified atom stereocenters. The molecule has 1 aromatic heterocycles. The fraction of sp³-hybridized carbons (Fsp3) is 0.545. The van der Waals surface area contributed by atoms with Crippen LogP contribution in [0.4, 0.5) is 5.82 Å². The van der Waals surface area contributed by atoms with E-state index in [4.69, 9.17) is 5.11 Å². The summed E-state index contributed by atoms with van der Waals surface area (Å²) in [6.45, 7) is 2.24. The van der Waals surface area contributed by atoms with E-state index in [-0.39, 0.29) is 11.9 Å². The van der Waals surface area contributed by atoms with Gasteiger partial charge in [-0.25, -0.2) is 14.8 Å². The van der Waals surface area contributed by atoms with Crippen LogP contribution < -0.4 is 4.72 Å². The predicted molar refractivity (Wildman–Crippen MR) is 71.6 cm³/mol. The highest BCUT2D eigenvalue weighted by Gasteiger charge is 2.31. The summed E-state index contributed by atoms with van der Waals surface area (Å²) in [5.74, 6) is -1.60. The van der Waals surface area contributed by atoms with Gasteiger partial charge in [0.15, 0.2) is 11.5 Å². The van der Waals surface area contributed by atoms with Gasteiger partial charge in [0.1, 0.15) is 0 Å². The number of nitrogens with one attached hydrogen (secondary N) is 1. The summed E-state index contributed by atoms with van der Waals surface area (Å²) in [6, 6.07) is -0.119. The number of carbonyl (C=O) groups is 1. The molecule has 8 nitrogen and oxygen atoms in total. The number of aromatic carboxylic acids is 1. The van der Waals surface area contributed by atoms with E-state index in [1.165, 1.54) is 16.7 Å². The van der Waals surface area contributed by atoms with Crippen LogP contribution in [0.25, 0.3) is 0 Å². The highest BCUT2D eigenvalue weighted by molar-refractivity contribution is 7.90. The third kappa shape index (κ3) is 3.05. The van der Waals surface area contributed by atoms with Gasteiger partial charge in [-0.3, -0.25) is 4.72 Å². The molecule has 110 valence electrons. The van der Waals surface area contributed by atoms with E-state index in [1.54, 1.807) is 0 Å². The van der Waals surface area contributed by atoms with Crippen LogP contribution in [0.15, 0.2) is 12.4 Å². The summed E-state index contributed by atoms with van der Waals surface area (Å²) < 4.78 is 28.1. The van der Waals surface area contributed by atoms with E-state index in [9.17, 15) is 13.2 Å². The number of hydrogen-bond acceptors (Lipinski definition) is 5. The molecule has 1 fully saturated rings. The van der Waals surface area contributed by atoms with Gasteiger partial charge < -0.3 is 5.11 Å². The van der Waals surface area contributed by atoms with Gasteiger partial charge in [-0.2, -0.15) is 12.7 Å². The molecule has 1 atom stereocenters. The first-order chi connectivity index (χ1) is 9.42. The Bertz CT molecular complexity index is 604. The highest BCUT2D eigenvalue weighted by Crippen LogP contribution is 2.21. The molecule has 2 N–H and O–H groups in total. The fourth-order valence-electron chi connectivity index (χ4n) is 2.18. The van der Waals surface area contributed by atoms with Crippen LogP contribution in [-0.4, -0.2) is 46.4 Å². The largest absolute Gasteiger partial charge is 0.476 e. The molecule has 0 radical (unpaired) electrons. The third-order valence-corrected chi connectivity index (χ3v) is 4.79. The first-order valence-electron chi connectivity index (χ1n) is 6.25. The molecule has 20 heavy (non-hydrogen) atoms. The van der Waals surface area contributed by atoms with Crippen molar-refractivity contribution in [2.24, 2.45) is 0 Å². The molecule has 9 heteroatoms. The Morgan fingerprint density at radius 3 is 2.75 bits per heavy atom. The van der Waals surface area contributed by atoms with Crippen molar-refractivity contribution >= 4 is 22.0 Å². The number of hydrogen-bond donors (Lipinski definition) is 2. The SMILES string of the molecule is CC1CCCCN1S(=O)(=O)Nc1nccnc1C(=O)O. The molecule has 1 saturated heterocycles. The van der Waals surface area contributed by atoms with E-state index < -0.39 is 21.9 Å². The maximum Gasteiger partial charge on any atom is 0.358 e. The maximum absolute atomic E-state index is 12.3. The summed E-state index contributed by atoms with van der Waals surface area (Å²) >= 11 is 0. The van der Waals surface area contributed by atoms with Gasteiger partial charge in [-0.15, -0.1) is 0 Å². The van der Waals surface area contributed by atoms with Crippen LogP contribution in [0, 0.1) is 0 Å². The van der Waals surface area contributed by atoms with E-state index in [0.29, 0.717) is 6.54 Å². The second-order valence-corrected chi connectivity index (χ2v) is 6.24. The van der Waals surface area contributed by atoms with E-state index in [2.05, 4.69) is 14.7 Å². The zero-order valence-corrected chi connectivity index (χ0v) is 11.8. The van der Waals surface area contributed by atoms with Gasteiger partial charge in [0.05, 0.1) is 0 Å². The van der Waals surface area contributed by atoms with Crippen molar-refractivity contribution in [3.63, 3.8) is 0 Å². The topological polar surface area (TPSA) is 112 Å². The quantitative estimate of drug-likeness (QED) is 0.846. The summed E-state index contributed by atoms with van der Waals surface area (Å²) in [4.78, 5) is 18.4. The molecule has 1 aliphatic rings. The Kier molecular flexibility index (Phi) is 4.19. The first-order valence-corrected chi connectivity index (χ1v) is 7.69. The van der Waals surface area contributed by atoms with Crippen molar-refractivity contribution in [2.75, 3.05) is 11.3 Å². The molecular weight excluding hydrogens is 284 g/mol. The zero-order chi connectivity index (χ0) is 14.8.